The van der Waals surface area contributed by atoms with Crippen molar-refractivity contribution in [3.05, 3.63) is 48.5 Å². The molecular weight excluding hydrogens is 250 g/mol. The Kier molecular flexibility index (Phi) is 3.22. The van der Waals surface area contributed by atoms with E-state index in [1.165, 1.54) is 24.3 Å². The molecule has 6 heteroatoms. The summed E-state index contributed by atoms with van der Waals surface area (Å²) in [5.41, 5.74) is 9.14. The first kappa shape index (κ1) is 12.4. The zero-order chi connectivity index (χ0) is 13.2. The molecule has 0 aliphatic rings. The summed E-state index contributed by atoms with van der Waals surface area (Å²) in [6.07, 6.45) is 0. The van der Waals surface area contributed by atoms with E-state index in [1.54, 1.807) is 24.3 Å². The van der Waals surface area contributed by atoms with Crippen LogP contribution >= 0.6 is 0 Å². The molecule has 2 aromatic carbocycles. The van der Waals surface area contributed by atoms with E-state index in [0.29, 0.717) is 11.4 Å². The molecule has 0 radical (unpaired) electrons. The average molecular weight is 263 g/mol. The van der Waals surface area contributed by atoms with Crippen molar-refractivity contribution in [2.45, 2.75) is 9.79 Å². The van der Waals surface area contributed by atoms with Crippen molar-refractivity contribution in [3.8, 4) is 0 Å². The molecule has 0 atom stereocenters. The van der Waals surface area contributed by atoms with E-state index in [0.717, 1.165) is 0 Å². The van der Waals surface area contributed by atoms with E-state index in [2.05, 4.69) is 5.43 Å². The molecule has 0 aliphatic heterocycles. The van der Waals surface area contributed by atoms with Gasteiger partial charge in [-0.2, -0.15) is 0 Å². The van der Waals surface area contributed by atoms with Crippen LogP contribution in [0.1, 0.15) is 0 Å². The largest absolute Gasteiger partial charge is 0.399 e. The van der Waals surface area contributed by atoms with Crippen LogP contribution < -0.4 is 17.0 Å². The maximum atomic E-state index is 12.3. The van der Waals surface area contributed by atoms with E-state index in [9.17, 15) is 8.42 Å². The lowest BCUT2D eigenvalue weighted by atomic mass is 10.3. The number of nitrogen functional groups attached to an aromatic ring is 2. The van der Waals surface area contributed by atoms with Gasteiger partial charge in [0.25, 0.3) is 0 Å². The Bertz CT molecular complexity index is 634. The number of nitrogens with two attached hydrogens (primary N) is 2. The number of anilines is 2. The van der Waals surface area contributed by atoms with Crippen LogP contribution in [0.3, 0.4) is 0 Å². The number of hydrazine groups is 1. The van der Waals surface area contributed by atoms with Crippen LogP contribution in [0.25, 0.3) is 0 Å². The fourth-order valence-electron chi connectivity index (χ4n) is 1.51. The van der Waals surface area contributed by atoms with E-state index < -0.39 is 9.84 Å². The minimum Gasteiger partial charge on any atom is -0.399 e. The maximum Gasteiger partial charge on any atom is 0.206 e. The van der Waals surface area contributed by atoms with Crippen LogP contribution in [0.4, 0.5) is 11.4 Å². The van der Waals surface area contributed by atoms with Crippen molar-refractivity contribution in [2.75, 3.05) is 11.2 Å². The highest BCUT2D eigenvalue weighted by molar-refractivity contribution is 7.91. The van der Waals surface area contributed by atoms with Gasteiger partial charge in [-0.1, -0.05) is 0 Å². The topological polar surface area (TPSA) is 98.2 Å². The van der Waals surface area contributed by atoms with Crippen LogP contribution in [0.5, 0.6) is 0 Å². The lowest BCUT2D eigenvalue weighted by molar-refractivity contribution is 0.596. The third-order valence-corrected chi connectivity index (χ3v) is 4.31. The molecule has 5 N–H and O–H groups in total. The lowest BCUT2D eigenvalue weighted by Gasteiger charge is -2.06. The van der Waals surface area contributed by atoms with Crippen molar-refractivity contribution < 1.29 is 8.42 Å². The van der Waals surface area contributed by atoms with E-state index >= 15 is 0 Å². The zero-order valence-corrected chi connectivity index (χ0v) is 10.3. The normalized spacial score (nSPS) is 11.2. The van der Waals surface area contributed by atoms with Gasteiger partial charge in [0.1, 0.15) is 0 Å². The van der Waals surface area contributed by atoms with Gasteiger partial charge in [0.2, 0.25) is 9.84 Å². The second-order valence-electron chi connectivity index (χ2n) is 3.74. The van der Waals surface area contributed by atoms with Gasteiger partial charge in [-0.15, -0.1) is 0 Å². The molecule has 94 valence electrons. The minimum atomic E-state index is -3.50. The summed E-state index contributed by atoms with van der Waals surface area (Å²) < 4.78 is 24.5. The number of sulfone groups is 1. The molecule has 0 unspecified atom stereocenters. The molecule has 5 nitrogen and oxygen atoms in total. The first-order chi connectivity index (χ1) is 8.54. The summed E-state index contributed by atoms with van der Waals surface area (Å²) in [6, 6.07) is 12.3. The molecule has 0 aliphatic carbocycles. The molecule has 0 aromatic heterocycles. The molecule has 0 saturated carbocycles. The highest BCUT2D eigenvalue weighted by Gasteiger charge is 2.16. The summed E-state index contributed by atoms with van der Waals surface area (Å²) in [7, 11) is -3.50. The predicted molar refractivity (Wildman–Crippen MR) is 70.6 cm³/mol. The van der Waals surface area contributed by atoms with Crippen LogP contribution in [0.15, 0.2) is 58.3 Å². The van der Waals surface area contributed by atoms with Crippen LogP contribution in [-0.2, 0) is 9.84 Å². The minimum absolute atomic E-state index is 0.213. The number of nitrogens with one attached hydrogen (secondary N) is 1. The fraction of sp³-hybridized carbons (Fsp3) is 0. The average Bonchev–Trinajstić information content (AvgIpc) is 2.39. The standard InChI is InChI=1S/C12H13N3O2S/c13-9-1-5-11(6-2-9)18(16,17)12-7-3-10(15-14)4-8-12/h1-8,15H,13-14H2. The van der Waals surface area contributed by atoms with E-state index in [4.69, 9.17) is 11.6 Å². The SMILES string of the molecule is NNc1ccc(S(=O)(=O)c2ccc(N)cc2)cc1. The van der Waals surface area contributed by atoms with Gasteiger partial charge in [0.15, 0.2) is 0 Å². The van der Waals surface area contributed by atoms with Crippen molar-refractivity contribution in [3.63, 3.8) is 0 Å². The number of rotatable bonds is 3. The summed E-state index contributed by atoms with van der Waals surface area (Å²) in [5, 5.41) is 0. The van der Waals surface area contributed by atoms with Crippen molar-refractivity contribution >= 4 is 21.2 Å². The molecule has 2 rings (SSSR count). The molecule has 18 heavy (non-hydrogen) atoms. The Balaban J connectivity index is 2.44. The smallest absolute Gasteiger partial charge is 0.206 e. The highest BCUT2D eigenvalue weighted by Crippen LogP contribution is 2.22. The first-order valence-electron chi connectivity index (χ1n) is 5.21. The Labute approximate surface area is 105 Å². The van der Waals surface area contributed by atoms with Gasteiger partial charge < -0.3 is 11.2 Å². The molecule has 0 bridgehead atoms. The highest BCUT2D eigenvalue weighted by atomic mass is 32.2. The van der Waals surface area contributed by atoms with Crippen LogP contribution in [0.2, 0.25) is 0 Å². The van der Waals surface area contributed by atoms with Gasteiger partial charge >= 0.3 is 0 Å². The van der Waals surface area contributed by atoms with Crippen LogP contribution in [-0.4, -0.2) is 8.42 Å². The number of hydrogen-bond donors (Lipinski definition) is 3. The quantitative estimate of drug-likeness (QED) is 0.441. The predicted octanol–water partition coefficient (Wildman–Crippen LogP) is 1.39. The Morgan fingerprint density at radius 2 is 1.28 bits per heavy atom. The van der Waals surface area contributed by atoms with E-state index in [-0.39, 0.29) is 9.79 Å². The molecule has 0 fully saturated rings. The molecule has 2 aromatic rings. The van der Waals surface area contributed by atoms with Gasteiger partial charge in [-0.05, 0) is 48.5 Å². The number of benzene rings is 2. The number of hydrogen-bond acceptors (Lipinski definition) is 5. The maximum absolute atomic E-state index is 12.3. The zero-order valence-electron chi connectivity index (χ0n) is 9.50. The molecule has 0 heterocycles. The molecule has 0 spiro atoms. The second kappa shape index (κ2) is 4.67. The van der Waals surface area contributed by atoms with Crippen molar-refractivity contribution in [1.29, 1.82) is 0 Å². The van der Waals surface area contributed by atoms with Crippen LogP contribution in [0, 0.1) is 0 Å². The van der Waals surface area contributed by atoms with Gasteiger partial charge in [0.05, 0.1) is 9.79 Å². The Morgan fingerprint density at radius 1 is 0.833 bits per heavy atom. The Hall–Kier alpha value is -2.05. The van der Waals surface area contributed by atoms with Crippen molar-refractivity contribution in [2.24, 2.45) is 5.84 Å². The lowest BCUT2D eigenvalue weighted by Crippen LogP contribution is -2.07. The summed E-state index contributed by atoms with van der Waals surface area (Å²) >= 11 is 0. The second-order valence-corrected chi connectivity index (χ2v) is 5.69. The monoisotopic (exact) mass is 263 g/mol. The first-order valence-corrected chi connectivity index (χ1v) is 6.69. The third kappa shape index (κ3) is 2.29. The van der Waals surface area contributed by atoms with Gasteiger partial charge in [-0.3, -0.25) is 5.84 Å². The Morgan fingerprint density at radius 3 is 1.72 bits per heavy atom. The summed E-state index contributed by atoms with van der Waals surface area (Å²) in [4.78, 5) is 0.427. The van der Waals surface area contributed by atoms with E-state index in [1.807, 2.05) is 0 Å². The van der Waals surface area contributed by atoms with Gasteiger partial charge in [0, 0.05) is 11.4 Å². The molecular formula is C12H13N3O2S. The summed E-state index contributed by atoms with van der Waals surface area (Å²) in [6.45, 7) is 0. The fourth-order valence-corrected chi connectivity index (χ4v) is 2.77. The van der Waals surface area contributed by atoms with Crippen molar-refractivity contribution in [1.82, 2.24) is 0 Å². The summed E-state index contributed by atoms with van der Waals surface area (Å²) in [5.74, 6) is 5.22. The molecule has 0 amide bonds. The third-order valence-electron chi connectivity index (χ3n) is 2.52. The molecule has 0 saturated heterocycles. The van der Waals surface area contributed by atoms with Gasteiger partial charge in [-0.25, -0.2) is 8.42 Å².